The molecule has 0 aliphatic carbocycles. The van der Waals surface area contributed by atoms with Gasteiger partial charge in [0.15, 0.2) is 5.65 Å². The molecule has 6 heteroatoms. The third-order valence-corrected chi connectivity index (χ3v) is 3.92. The van der Waals surface area contributed by atoms with Gasteiger partial charge in [0.05, 0.1) is 11.9 Å². The van der Waals surface area contributed by atoms with E-state index in [2.05, 4.69) is 15.4 Å². The number of fused-ring (bicyclic) bond motifs is 1. The first-order valence-corrected chi connectivity index (χ1v) is 7.78. The Morgan fingerprint density at radius 3 is 2.54 bits per heavy atom. The number of nitrogens with one attached hydrogen (secondary N) is 1. The van der Waals surface area contributed by atoms with E-state index in [4.69, 9.17) is 0 Å². The minimum atomic E-state index is -0.140. The van der Waals surface area contributed by atoms with E-state index in [1.54, 1.807) is 10.7 Å². The third-order valence-electron chi connectivity index (χ3n) is 3.92. The lowest BCUT2D eigenvalue weighted by Crippen LogP contribution is -2.15. The molecule has 3 rings (SSSR count). The highest BCUT2D eigenvalue weighted by Gasteiger charge is 2.11. The Morgan fingerprint density at radius 1 is 1.12 bits per heavy atom. The molecule has 0 aliphatic rings. The van der Waals surface area contributed by atoms with Crippen molar-refractivity contribution < 1.29 is 4.79 Å². The lowest BCUT2D eigenvalue weighted by atomic mass is 10.1. The highest BCUT2D eigenvalue weighted by molar-refractivity contribution is 6.04. The van der Waals surface area contributed by atoms with E-state index in [-0.39, 0.29) is 5.91 Å². The van der Waals surface area contributed by atoms with Gasteiger partial charge in [-0.3, -0.25) is 4.79 Å². The highest BCUT2D eigenvalue weighted by Crippen LogP contribution is 2.20. The summed E-state index contributed by atoms with van der Waals surface area (Å²) in [7, 11) is 3.97. The SMILES string of the molecule is Cc1nc2c(C)cc(NC(=O)c3ccc(N(C)C)c(C)c3)cn2n1. The van der Waals surface area contributed by atoms with E-state index >= 15 is 0 Å². The molecule has 24 heavy (non-hydrogen) atoms. The average molecular weight is 323 g/mol. The summed E-state index contributed by atoms with van der Waals surface area (Å²) in [5.74, 6) is 0.565. The first-order chi connectivity index (χ1) is 11.3. The molecule has 1 amide bonds. The van der Waals surface area contributed by atoms with Crippen LogP contribution in [-0.4, -0.2) is 34.6 Å². The van der Waals surface area contributed by atoms with Crippen LogP contribution in [0.15, 0.2) is 30.5 Å². The number of carbonyl (C=O) groups excluding carboxylic acids is 1. The van der Waals surface area contributed by atoms with Crippen LogP contribution in [0.25, 0.3) is 5.65 Å². The van der Waals surface area contributed by atoms with Gasteiger partial charge in [-0.1, -0.05) is 0 Å². The van der Waals surface area contributed by atoms with E-state index < -0.39 is 0 Å². The molecule has 1 N–H and O–H groups in total. The maximum absolute atomic E-state index is 12.5. The lowest BCUT2D eigenvalue weighted by Gasteiger charge is -2.16. The van der Waals surface area contributed by atoms with Crippen molar-refractivity contribution in [2.24, 2.45) is 0 Å². The van der Waals surface area contributed by atoms with Crippen molar-refractivity contribution in [3.8, 4) is 0 Å². The number of pyridine rings is 1. The fraction of sp³-hybridized carbons (Fsp3) is 0.278. The maximum Gasteiger partial charge on any atom is 0.255 e. The number of nitrogens with zero attached hydrogens (tertiary/aromatic N) is 4. The Bertz CT molecular complexity index is 927. The van der Waals surface area contributed by atoms with Gasteiger partial charge in [0, 0.05) is 25.3 Å². The molecule has 124 valence electrons. The van der Waals surface area contributed by atoms with E-state index in [0.29, 0.717) is 17.1 Å². The van der Waals surface area contributed by atoms with Crippen LogP contribution in [0.1, 0.15) is 27.3 Å². The van der Waals surface area contributed by atoms with Gasteiger partial charge in [-0.2, -0.15) is 5.10 Å². The summed E-state index contributed by atoms with van der Waals surface area (Å²) in [5.41, 5.74) is 5.26. The van der Waals surface area contributed by atoms with Gasteiger partial charge in [0.2, 0.25) is 0 Å². The molecule has 0 unspecified atom stereocenters. The van der Waals surface area contributed by atoms with Gasteiger partial charge < -0.3 is 10.2 Å². The van der Waals surface area contributed by atoms with Crippen LogP contribution in [0.4, 0.5) is 11.4 Å². The molecule has 6 nitrogen and oxygen atoms in total. The van der Waals surface area contributed by atoms with Crippen LogP contribution in [0, 0.1) is 20.8 Å². The summed E-state index contributed by atoms with van der Waals surface area (Å²) in [4.78, 5) is 18.9. The second-order valence-corrected chi connectivity index (χ2v) is 6.19. The van der Waals surface area contributed by atoms with Gasteiger partial charge in [-0.25, -0.2) is 9.50 Å². The first-order valence-electron chi connectivity index (χ1n) is 7.78. The molecule has 0 aliphatic heterocycles. The number of aryl methyl sites for hydroxylation is 3. The molecule has 0 fully saturated rings. The summed E-state index contributed by atoms with van der Waals surface area (Å²) in [6, 6.07) is 7.60. The Hall–Kier alpha value is -2.89. The summed E-state index contributed by atoms with van der Waals surface area (Å²) in [6.07, 6.45) is 1.78. The van der Waals surface area contributed by atoms with Crippen molar-refractivity contribution in [2.75, 3.05) is 24.3 Å². The van der Waals surface area contributed by atoms with Crippen LogP contribution in [-0.2, 0) is 0 Å². The predicted molar refractivity (Wildman–Crippen MR) is 95.9 cm³/mol. The first kappa shape index (κ1) is 16.0. The zero-order chi connectivity index (χ0) is 17.4. The molecule has 0 spiro atoms. The smallest absolute Gasteiger partial charge is 0.255 e. The van der Waals surface area contributed by atoms with Gasteiger partial charge >= 0.3 is 0 Å². The fourth-order valence-corrected chi connectivity index (χ4v) is 2.83. The topological polar surface area (TPSA) is 62.5 Å². The van der Waals surface area contributed by atoms with Crippen molar-refractivity contribution in [1.29, 1.82) is 0 Å². The van der Waals surface area contributed by atoms with E-state index in [0.717, 1.165) is 22.5 Å². The maximum atomic E-state index is 12.5. The molecule has 0 atom stereocenters. The van der Waals surface area contributed by atoms with E-state index in [1.165, 1.54) is 0 Å². The minimum Gasteiger partial charge on any atom is -0.377 e. The zero-order valence-electron chi connectivity index (χ0n) is 14.6. The number of hydrogen-bond acceptors (Lipinski definition) is 4. The van der Waals surface area contributed by atoms with Crippen molar-refractivity contribution in [3.05, 3.63) is 53.0 Å². The number of rotatable bonds is 3. The Balaban J connectivity index is 1.88. The number of hydrogen-bond donors (Lipinski definition) is 1. The van der Waals surface area contributed by atoms with Crippen molar-refractivity contribution in [1.82, 2.24) is 14.6 Å². The Morgan fingerprint density at radius 2 is 1.88 bits per heavy atom. The molecule has 3 aromatic rings. The van der Waals surface area contributed by atoms with Crippen molar-refractivity contribution in [3.63, 3.8) is 0 Å². The molecule has 2 heterocycles. The second kappa shape index (κ2) is 5.96. The number of aromatic nitrogens is 3. The minimum absolute atomic E-state index is 0.140. The van der Waals surface area contributed by atoms with Crippen LogP contribution in [0.3, 0.4) is 0 Å². The van der Waals surface area contributed by atoms with E-state index in [1.807, 2.05) is 64.0 Å². The molecule has 0 saturated heterocycles. The average Bonchev–Trinajstić information content (AvgIpc) is 2.87. The molecule has 0 bridgehead atoms. The van der Waals surface area contributed by atoms with Gasteiger partial charge in [-0.15, -0.1) is 0 Å². The standard InChI is InChI=1S/C18H21N5O/c1-11-8-14(6-7-16(11)22(4)5)18(24)20-15-9-12(2)17-19-13(3)21-23(17)10-15/h6-10H,1-5H3,(H,20,24). The molecule has 1 aromatic carbocycles. The fourth-order valence-electron chi connectivity index (χ4n) is 2.83. The molecular weight excluding hydrogens is 302 g/mol. The number of benzene rings is 1. The third kappa shape index (κ3) is 2.95. The van der Waals surface area contributed by atoms with Crippen LogP contribution >= 0.6 is 0 Å². The van der Waals surface area contributed by atoms with Gasteiger partial charge in [-0.05, 0) is 56.2 Å². The van der Waals surface area contributed by atoms with Crippen molar-refractivity contribution in [2.45, 2.75) is 20.8 Å². The van der Waals surface area contributed by atoms with E-state index in [9.17, 15) is 4.79 Å². The molecular formula is C18H21N5O. The number of amides is 1. The van der Waals surface area contributed by atoms with Crippen LogP contribution < -0.4 is 10.2 Å². The number of carbonyl (C=O) groups is 1. The summed E-state index contributed by atoms with van der Waals surface area (Å²) in [5, 5.41) is 7.24. The molecule has 0 saturated carbocycles. The zero-order valence-corrected chi connectivity index (χ0v) is 14.6. The van der Waals surface area contributed by atoms with Crippen LogP contribution in [0.5, 0.6) is 0 Å². The quantitative estimate of drug-likeness (QED) is 0.805. The largest absolute Gasteiger partial charge is 0.377 e. The Labute approximate surface area is 141 Å². The van der Waals surface area contributed by atoms with Crippen molar-refractivity contribution >= 4 is 22.9 Å². The predicted octanol–water partition coefficient (Wildman–Crippen LogP) is 2.97. The van der Waals surface area contributed by atoms with Crippen LogP contribution in [0.2, 0.25) is 0 Å². The summed E-state index contributed by atoms with van der Waals surface area (Å²) >= 11 is 0. The lowest BCUT2D eigenvalue weighted by molar-refractivity contribution is 0.102. The summed E-state index contributed by atoms with van der Waals surface area (Å²) < 4.78 is 1.70. The normalized spacial score (nSPS) is 10.9. The Kier molecular flexibility index (Phi) is 3.97. The molecule has 2 aromatic heterocycles. The number of anilines is 2. The van der Waals surface area contributed by atoms with Gasteiger partial charge in [0.25, 0.3) is 5.91 Å². The molecule has 0 radical (unpaired) electrons. The van der Waals surface area contributed by atoms with Gasteiger partial charge in [0.1, 0.15) is 5.82 Å². The summed E-state index contributed by atoms with van der Waals surface area (Å²) in [6.45, 7) is 5.80. The second-order valence-electron chi connectivity index (χ2n) is 6.19. The highest BCUT2D eigenvalue weighted by atomic mass is 16.1. The monoisotopic (exact) mass is 323 g/mol.